The van der Waals surface area contributed by atoms with Crippen molar-refractivity contribution in [3.63, 3.8) is 0 Å². The minimum absolute atomic E-state index is 1.04. The van der Waals surface area contributed by atoms with Gasteiger partial charge in [0, 0.05) is 18.9 Å². The van der Waals surface area contributed by atoms with Gasteiger partial charge in [0.05, 0.1) is 6.33 Å². The molecule has 1 aromatic carbocycles. The summed E-state index contributed by atoms with van der Waals surface area (Å²) in [5, 5.41) is 3.46. The Kier molecular flexibility index (Phi) is 4.79. The van der Waals surface area contributed by atoms with E-state index in [4.69, 9.17) is 0 Å². The Morgan fingerprint density at radius 2 is 2.00 bits per heavy atom. The average molecular weight is 229 g/mol. The van der Waals surface area contributed by atoms with Crippen LogP contribution in [0.5, 0.6) is 0 Å². The van der Waals surface area contributed by atoms with Gasteiger partial charge in [-0.15, -0.1) is 0 Å². The van der Waals surface area contributed by atoms with Crippen molar-refractivity contribution in [2.24, 2.45) is 0 Å². The SMILES string of the molecule is c1ccc(CCNCCCn2ccnc2)cc1. The molecular weight excluding hydrogens is 210 g/mol. The Balaban J connectivity index is 1.52. The van der Waals surface area contributed by atoms with Crippen molar-refractivity contribution in [3.05, 3.63) is 54.6 Å². The summed E-state index contributed by atoms with van der Waals surface area (Å²) in [4.78, 5) is 4.02. The first kappa shape index (κ1) is 11.9. The van der Waals surface area contributed by atoms with Crippen molar-refractivity contribution in [2.75, 3.05) is 13.1 Å². The van der Waals surface area contributed by atoms with Gasteiger partial charge in [0.1, 0.15) is 0 Å². The van der Waals surface area contributed by atoms with E-state index in [-0.39, 0.29) is 0 Å². The van der Waals surface area contributed by atoms with Gasteiger partial charge in [-0.25, -0.2) is 4.98 Å². The molecule has 0 fully saturated rings. The number of imidazole rings is 1. The zero-order valence-corrected chi connectivity index (χ0v) is 10.0. The fourth-order valence-corrected chi connectivity index (χ4v) is 1.81. The van der Waals surface area contributed by atoms with Gasteiger partial charge >= 0.3 is 0 Å². The number of nitrogens with zero attached hydrogens (tertiary/aromatic N) is 2. The molecule has 3 nitrogen and oxygen atoms in total. The number of rotatable bonds is 7. The number of hydrogen-bond donors (Lipinski definition) is 1. The van der Waals surface area contributed by atoms with E-state index in [0.29, 0.717) is 0 Å². The van der Waals surface area contributed by atoms with Crippen LogP contribution < -0.4 is 5.32 Å². The van der Waals surface area contributed by atoms with Gasteiger partial charge < -0.3 is 9.88 Å². The number of benzene rings is 1. The third-order valence-corrected chi connectivity index (χ3v) is 2.76. The summed E-state index contributed by atoms with van der Waals surface area (Å²) in [5.41, 5.74) is 1.40. The van der Waals surface area contributed by atoms with Gasteiger partial charge in [-0.2, -0.15) is 0 Å². The van der Waals surface area contributed by atoms with Gasteiger partial charge in [0.15, 0.2) is 0 Å². The summed E-state index contributed by atoms with van der Waals surface area (Å²) < 4.78 is 2.11. The van der Waals surface area contributed by atoms with Gasteiger partial charge in [-0.3, -0.25) is 0 Å². The second kappa shape index (κ2) is 6.86. The summed E-state index contributed by atoms with van der Waals surface area (Å²) in [6.07, 6.45) is 7.94. The Morgan fingerprint density at radius 1 is 1.12 bits per heavy atom. The highest BCUT2D eigenvalue weighted by molar-refractivity contribution is 5.14. The topological polar surface area (TPSA) is 29.9 Å². The molecule has 2 aromatic rings. The minimum Gasteiger partial charge on any atom is -0.337 e. The monoisotopic (exact) mass is 229 g/mol. The molecule has 1 heterocycles. The van der Waals surface area contributed by atoms with Gasteiger partial charge in [0.2, 0.25) is 0 Å². The van der Waals surface area contributed by atoms with Crippen LogP contribution in [0.4, 0.5) is 0 Å². The normalized spacial score (nSPS) is 10.6. The zero-order valence-electron chi connectivity index (χ0n) is 10.0. The molecule has 0 amide bonds. The van der Waals surface area contributed by atoms with Gasteiger partial charge in [-0.05, 0) is 31.5 Å². The fourth-order valence-electron chi connectivity index (χ4n) is 1.81. The van der Waals surface area contributed by atoms with Crippen LogP contribution in [-0.4, -0.2) is 22.6 Å². The molecule has 0 saturated heterocycles. The van der Waals surface area contributed by atoms with Crippen LogP contribution in [0.1, 0.15) is 12.0 Å². The van der Waals surface area contributed by atoms with E-state index >= 15 is 0 Å². The Hall–Kier alpha value is -1.61. The van der Waals surface area contributed by atoms with Crippen molar-refractivity contribution in [3.8, 4) is 0 Å². The lowest BCUT2D eigenvalue weighted by atomic mass is 10.1. The van der Waals surface area contributed by atoms with Crippen molar-refractivity contribution >= 4 is 0 Å². The van der Waals surface area contributed by atoms with Crippen molar-refractivity contribution in [1.82, 2.24) is 14.9 Å². The lowest BCUT2D eigenvalue weighted by Crippen LogP contribution is -2.19. The molecule has 1 N–H and O–H groups in total. The number of aromatic nitrogens is 2. The Bertz CT molecular complexity index is 395. The molecule has 2 rings (SSSR count). The van der Waals surface area contributed by atoms with Crippen LogP contribution in [0.15, 0.2) is 49.1 Å². The molecule has 90 valence electrons. The molecule has 0 unspecified atom stereocenters. The van der Waals surface area contributed by atoms with E-state index in [1.54, 1.807) is 0 Å². The Morgan fingerprint density at radius 3 is 2.76 bits per heavy atom. The van der Waals surface area contributed by atoms with Crippen LogP contribution in [-0.2, 0) is 13.0 Å². The molecule has 0 aliphatic rings. The van der Waals surface area contributed by atoms with E-state index in [2.05, 4.69) is 45.2 Å². The highest BCUT2D eigenvalue weighted by atomic mass is 15.0. The lowest BCUT2D eigenvalue weighted by molar-refractivity contribution is 0.582. The molecule has 0 atom stereocenters. The van der Waals surface area contributed by atoms with E-state index in [0.717, 1.165) is 32.5 Å². The molecule has 0 radical (unpaired) electrons. The molecule has 17 heavy (non-hydrogen) atoms. The molecule has 3 heteroatoms. The summed E-state index contributed by atoms with van der Waals surface area (Å²) in [7, 11) is 0. The fraction of sp³-hybridized carbons (Fsp3) is 0.357. The van der Waals surface area contributed by atoms with E-state index in [1.807, 2.05) is 18.7 Å². The van der Waals surface area contributed by atoms with Crippen molar-refractivity contribution in [1.29, 1.82) is 0 Å². The third kappa shape index (κ3) is 4.41. The molecule has 0 aliphatic carbocycles. The van der Waals surface area contributed by atoms with E-state index in [9.17, 15) is 0 Å². The minimum atomic E-state index is 1.04. The maximum Gasteiger partial charge on any atom is 0.0945 e. The van der Waals surface area contributed by atoms with Crippen molar-refractivity contribution in [2.45, 2.75) is 19.4 Å². The molecule has 0 aliphatic heterocycles. The largest absolute Gasteiger partial charge is 0.337 e. The molecular formula is C14H19N3. The lowest BCUT2D eigenvalue weighted by Gasteiger charge is -2.05. The highest BCUT2D eigenvalue weighted by Gasteiger charge is 1.92. The first-order valence-corrected chi connectivity index (χ1v) is 6.15. The summed E-state index contributed by atoms with van der Waals surface area (Å²) in [6.45, 7) is 3.15. The quantitative estimate of drug-likeness (QED) is 0.737. The number of hydrogen-bond acceptors (Lipinski definition) is 2. The Labute approximate surface area is 103 Å². The van der Waals surface area contributed by atoms with Crippen LogP contribution >= 0.6 is 0 Å². The molecule has 1 aromatic heterocycles. The zero-order chi connectivity index (χ0) is 11.8. The molecule has 0 saturated carbocycles. The van der Waals surface area contributed by atoms with Crippen LogP contribution in [0, 0.1) is 0 Å². The van der Waals surface area contributed by atoms with Crippen molar-refractivity contribution < 1.29 is 0 Å². The maximum atomic E-state index is 4.02. The van der Waals surface area contributed by atoms with E-state index < -0.39 is 0 Å². The maximum absolute atomic E-state index is 4.02. The van der Waals surface area contributed by atoms with Crippen LogP contribution in [0.3, 0.4) is 0 Å². The molecule has 0 spiro atoms. The second-order valence-electron chi connectivity index (χ2n) is 4.14. The van der Waals surface area contributed by atoms with Crippen LogP contribution in [0.2, 0.25) is 0 Å². The van der Waals surface area contributed by atoms with Gasteiger partial charge in [0.25, 0.3) is 0 Å². The predicted octanol–water partition coefficient (Wildman–Crippen LogP) is 2.11. The number of nitrogens with one attached hydrogen (secondary N) is 1. The first-order valence-electron chi connectivity index (χ1n) is 6.15. The third-order valence-electron chi connectivity index (χ3n) is 2.76. The standard InChI is InChI=1S/C14H19N3/c1-2-5-14(6-3-1)7-9-15-8-4-11-17-12-10-16-13-17/h1-3,5-6,10,12-13,15H,4,7-9,11H2. The summed E-state index contributed by atoms with van der Waals surface area (Å²) in [6, 6.07) is 10.6. The number of aryl methyl sites for hydroxylation is 1. The average Bonchev–Trinajstić information content (AvgIpc) is 2.88. The predicted molar refractivity (Wildman–Crippen MR) is 69.9 cm³/mol. The summed E-state index contributed by atoms with van der Waals surface area (Å²) in [5.74, 6) is 0. The molecule has 0 bridgehead atoms. The highest BCUT2D eigenvalue weighted by Crippen LogP contribution is 1.98. The van der Waals surface area contributed by atoms with Crippen LogP contribution in [0.25, 0.3) is 0 Å². The van der Waals surface area contributed by atoms with E-state index in [1.165, 1.54) is 5.56 Å². The summed E-state index contributed by atoms with van der Waals surface area (Å²) >= 11 is 0. The smallest absolute Gasteiger partial charge is 0.0945 e. The first-order chi connectivity index (χ1) is 8.45. The van der Waals surface area contributed by atoms with Gasteiger partial charge in [-0.1, -0.05) is 30.3 Å². The second-order valence-corrected chi connectivity index (χ2v) is 4.14.